The molecule has 2 aromatic rings. The molecule has 0 N–H and O–H groups in total. The molecule has 3 heteroatoms. The molecule has 0 spiro atoms. The fourth-order valence-electron chi connectivity index (χ4n) is 4.75. The third kappa shape index (κ3) is 6.62. The van der Waals surface area contributed by atoms with Gasteiger partial charge in [-0.05, 0) is 55.6 Å². The third-order valence-corrected chi connectivity index (χ3v) is 6.77. The van der Waals surface area contributed by atoms with Gasteiger partial charge in [-0.15, -0.1) is 0 Å². The van der Waals surface area contributed by atoms with Gasteiger partial charge in [-0.2, -0.15) is 4.39 Å². The normalized spacial score (nSPS) is 19.2. The number of hydrogen-bond donors (Lipinski definition) is 0. The van der Waals surface area contributed by atoms with Crippen molar-refractivity contribution in [2.24, 2.45) is 5.92 Å². The van der Waals surface area contributed by atoms with Gasteiger partial charge in [0.05, 0.1) is 5.56 Å². The van der Waals surface area contributed by atoms with Gasteiger partial charge in [-0.3, -0.25) is 0 Å². The molecular formula is C27H39FN2. The van der Waals surface area contributed by atoms with Crippen LogP contribution in [0.15, 0.2) is 30.5 Å². The van der Waals surface area contributed by atoms with Gasteiger partial charge < -0.3 is 0 Å². The molecule has 0 aliphatic heterocycles. The van der Waals surface area contributed by atoms with Crippen molar-refractivity contribution in [3.05, 3.63) is 47.8 Å². The summed E-state index contributed by atoms with van der Waals surface area (Å²) in [7, 11) is 0. The van der Waals surface area contributed by atoms with Gasteiger partial charge >= 0.3 is 0 Å². The molecule has 0 radical (unpaired) electrons. The van der Waals surface area contributed by atoms with Crippen molar-refractivity contribution in [3.63, 3.8) is 0 Å². The molecule has 1 aliphatic carbocycles. The van der Waals surface area contributed by atoms with Gasteiger partial charge in [0.25, 0.3) is 0 Å². The molecular weight excluding hydrogens is 371 g/mol. The number of aryl methyl sites for hydroxylation is 1. The van der Waals surface area contributed by atoms with Crippen LogP contribution in [0.3, 0.4) is 0 Å². The maximum absolute atomic E-state index is 14.8. The molecule has 2 nitrogen and oxygen atoms in total. The van der Waals surface area contributed by atoms with Crippen LogP contribution < -0.4 is 0 Å². The van der Waals surface area contributed by atoms with Crippen molar-refractivity contribution in [2.75, 3.05) is 0 Å². The van der Waals surface area contributed by atoms with Crippen LogP contribution in [-0.4, -0.2) is 9.97 Å². The van der Waals surface area contributed by atoms with E-state index in [-0.39, 0.29) is 5.95 Å². The predicted octanol–water partition coefficient (Wildman–Crippen LogP) is 8.26. The largest absolute Gasteiger partial charge is 0.240 e. The zero-order valence-electron chi connectivity index (χ0n) is 19.0. The van der Waals surface area contributed by atoms with Crippen LogP contribution in [0.25, 0.3) is 11.1 Å². The SMILES string of the molecule is CCCCCCCc1ccc(-c2cnc(C3CCC(CCCC)CC3)nc2F)cc1. The summed E-state index contributed by atoms with van der Waals surface area (Å²) in [6.07, 6.45) is 17.8. The van der Waals surface area contributed by atoms with Gasteiger partial charge in [0.1, 0.15) is 5.82 Å². The highest BCUT2D eigenvalue weighted by Crippen LogP contribution is 2.37. The Labute approximate surface area is 182 Å². The van der Waals surface area contributed by atoms with E-state index in [0.29, 0.717) is 17.3 Å². The summed E-state index contributed by atoms with van der Waals surface area (Å²) >= 11 is 0. The Morgan fingerprint density at radius 3 is 2.23 bits per heavy atom. The number of unbranched alkanes of at least 4 members (excludes halogenated alkanes) is 5. The molecule has 1 aromatic heterocycles. The van der Waals surface area contributed by atoms with Gasteiger partial charge in [0.15, 0.2) is 0 Å². The monoisotopic (exact) mass is 410 g/mol. The van der Waals surface area contributed by atoms with Crippen LogP contribution in [-0.2, 0) is 6.42 Å². The maximum atomic E-state index is 14.8. The lowest BCUT2D eigenvalue weighted by atomic mass is 9.79. The van der Waals surface area contributed by atoms with Crippen molar-refractivity contribution in [2.45, 2.75) is 103 Å². The second-order valence-electron chi connectivity index (χ2n) is 9.15. The summed E-state index contributed by atoms with van der Waals surface area (Å²) in [5.41, 5.74) is 2.72. The zero-order valence-corrected chi connectivity index (χ0v) is 19.0. The first-order valence-corrected chi connectivity index (χ1v) is 12.3. The lowest BCUT2D eigenvalue weighted by molar-refractivity contribution is 0.297. The third-order valence-electron chi connectivity index (χ3n) is 6.77. The van der Waals surface area contributed by atoms with Gasteiger partial charge in [0, 0.05) is 12.1 Å². The van der Waals surface area contributed by atoms with Crippen molar-refractivity contribution >= 4 is 0 Å². The molecule has 1 saturated carbocycles. The first kappa shape index (κ1) is 22.9. The number of aromatic nitrogens is 2. The zero-order chi connectivity index (χ0) is 21.2. The van der Waals surface area contributed by atoms with E-state index in [0.717, 1.165) is 30.7 Å². The van der Waals surface area contributed by atoms with E-state index in [4.69, 9.17) is 0 Å². The standard InChI is InChI=1S/C27H39FN2/c1-3-5-7-8-9-11-22-12-16-23(17-13-22)25-20-29-27(30-26(25)28)24-18-14-21(15-19-24)10-6-4-2/h12-13,16-17,20-21,24H,3-11,14-15,18-19H2,1-2H3. The molecule has 0 saturated heterocycles. The Balaban J connectivity index is 1.55. The van der Waals surface area contributed by atoms with E-state index < -0.39 is 0 Å². The molecule has 0 bridgehead atoms. The molecule has 0 amide bonds. The minimum Gasteiger partial charge on any atom is -0.240 e. The number of rotatable bonds is 11. The molecule has 30 heavy (non-hydrogen) atoms. The van der Waals surface area contributed by atoms with Gasteiger partial charge in [-0.1, -0.05) is 83.1 Å². The Kier molecular flexibility index (Phi) is 9.29. The first-order valence-electron chi connectivity index (χ1n) is 12.3. The summed E-state index contributed by atoms with van der Waals surface area (Å²) in [5, 5.41) is 0. The second kappa shape index (κ2) is 12.2. The molecule has 3 rings (SSSR count). The van der Waals surface area contributed by atoms with Crippen molar-refractivity contribution < 1.29 is 4.39 Å². The summed E-state index contributed by atoms with van der Waals surface area (Å²) in [6, 6.07) is 8.28. The van der Waals surface area contributed by atoms with Crippen molar-refractivity contribution in [1.29, 1.82) is 0 Å². The molecule has 0 atom stereocenters. The Morgan fingerprint density at radius 1 is 0.867 bits per heavy atom. The highest BCUT2D eigenvalue weighted by atomic mass is 19.1. The molecule has 1 aliphatic rings. The Hall–Kier alpha value is -1.77. The van der Waals surface area contributed by atoms with Crippen LogP contribution in [0.4, 0.5) is 4.39 Å². The summed E-state index contributed by atoms with van der Waals surface area (Å²) in [6.45, 7) is 4.50. The summed E-state index contributed by atoms with van der Waals surface area (Å²) in [5.74, 6) is 1.49. The highest BCUT2D eigenvalue weighted by molar-refractivity contribution is 5.62. The van der Waals surface area contributed by atoms with Crippen molar-refractivity contribution in [1.82, 2.24) is 9.97 Å². The molecule has 1 fully saturated rings. The Morgan fingerprint density at radius 2 is 1.57 bits per heavy atom. The fraction of sp³-hybridized carbons (Fsp3) is 0.630. The van der Waals surface area contributed by atoms with Gasteiger partial charge in [0.2, 0.25) is 5.95 Å². The van der Waals surface area contributed by atoms with E-state index in [1.165, 1.54) is 69.8 Å². The van der Waals surface area contributed by atoms with Crippen LogP contribution in [0, 0.1) is 11.9 Å². The van der Waals surface area contributed by atoms with E-state index >= 15 is 0 Å². The first-order chi connectivity index (χ1) is 14.7. The minimum atomic E-state index is -0.375. The maximum Gasteiger partial charge on any atom is 0.224 e. The average Bonchev–Trinajstić information content (AvgIpc) is 2.78. The Bertz CT molecular complexity index is 748. The lowest BCUT2D eigenvalue weighted by Gasteiger charge is -2.27. The molecule has 1 heterocycles. The van der Waals surface area contributed by atoms with E-state index in [1.54, 1.807) is 6.20 Å². The average molecular weight is 411 g/mol. The lowest BCUT2D eigenvalue weighted by Crippen LogP contribution is -2.16. The number of nitrogens with zero attached hydrogens (tertiary/aromatic N) is 2. The molecule has 1 aromatic carbocycles. The molecule has 164 valence electrons. The molecule has 0 unspecified atom stereocenters. The highest BCUT2D eigenvalue weighted by Gasteiger charge is 2.24. The number of halogens is 1. The van der Waals surface area contributed by atoms with Crippen LogP contribution in [0.2, 0.25) is 0 Å². The summed E-state index contributed by atoms with van der Waals surface area (Å²) in [4.78, 5) is 8.86. The van der Waals surface area contributed by atoms with E-state index in [1.807, 2.05) is 12.1 Å². The van der Waals surface area contributed by atoms with E-state index in [9.17, 15) is 4.39 Å². The minimum absolute atomic E-state index is 0.321. The fourth-order valence-corrected chi connectivity index (χ4v) is 4.75. The van der Waals surface area contributed by atoms with E-state index in [2.05, 4.69) is 35.9 Å². The van der Waals surface area contributed by atoms with Crippen LogP contribution in [0.1, 0.15) is 108 Å². The van der Waals surface area contributed by atoms with Crippen molar-refractivity contribution in [3.8, 4) is 11.1 Å². The second-order valence-corrected chi connectivity index (χ2v) is 9.15. The summed E-state index contributed by atoms with van der Waals surface area (Å²) < 4.78 is 14.8. The van der Waals surface area contributed by atoms with Crippen LogP contribution >= 0.6 is 0 Å². The topological polar surface area (TPSA) is 25.8 Å². The smallest absolute Gasteiger partial charge is 0.224 e. The van der Waals surface area contributed by atoms with Crippen LogP contribution in [0.5, 0.6) is 0 Å². The van der Waals surface area contributed by atoms with Gasteiger partial charge in [-0.25, -0.2) is 9.97 Å². The number of benzene rings is 1. The quantitative estimate of drug-likeness (QED) is 0.275. The number of hydrogen-bond acceptors (Lipinski definition) is 2. The predicted molar refractivity (Wildman–Crippen MR) is 124 cm³/mol.